The van der Waals surface area contributed by atoms with Crippen LogP contribution in [0.15, 0.2) is 24.3 Å². The molecule has 0 aliphatic rings. The fourth-order valence-corrected chi connectivity index (χ4v) is 2.02. The Morgan fingerprint density at radius 1 is 1.06 bits per heavy atom. The van der Waals surface area contributed by atoms with E-state index in [1.807, 2.05) is 0 Å². The van der Waals surface area contributed by atoms with Gasteiger partial charge in [0.25, 0.3) is 0 Å². The molecule has 0 aliphatic heterocycles. The number of rotatable bonds is 8. The van der Waals surface area contributed by atoms with Crippen LogP contribution in [-0.4, -0.2) is 37.6 Å². The van der Waals surface area contributed by atoms with Gasteiger partial charge in [0.15, 0.2) is 0 Å². The summed E-state index contributed by atoms with van der Waals surface area (Å²) in [5.41, 5.74) is 2.86. The second-order valence-electron chi connectivity index (χ2n) is 4.45. The van der Waals surface area contributed by atoms with Crippen LogP contribution >= 0.6 is 0 Å². The van der Waals surface area contributed by atoms with E-state index in [-0.39, 0.29) is 0 Å². The molecule has 96 valence electrons. The highest BCUT2D eigenvalue weighted by Crippen LogP contribution is 2.06. The van der Waals surface area contributed by atoms with Gasteiger partial charge >= 0.3 is 0 Å². The van der Waals surface area contributed by atoms with Crippen LogP contribution in [0, 0.1) is 6.92 Å². The van der Waals surface area contributed by atoms with Gasteiger partial charge in [-0.3, -0.25) is 0 Å². The van der Waals surface area contributed by atoms with Crippen LogP contribution < -0.4 is 5.32 Å². The van der Waals surface area contributed by atoms with E-state index in [1.54, 1.807) is 0 Å². The van der Waals surface area contributed by atoms with Crippen molar-refractivity contribution in [1.82, 2.24) is 10.2 Å². The predicted octanol–water partition coefficient (Wildman–Crippen LogP) is 2.47. The topological polar surface area (TPSA) is 15.3 Å². The second kappa shape index (κ2) is 8.26. The maximum atomic E-state index is 3.52. The number of hydrogen-bond acceptors (Lipinski definition) is 2. The molecule has 0 bridgehead atoms. The summed E-state index contributed by atoms with van der Waals surface area (Å²) in [6.07, 6.45) is 1.13. The number of likely N-dealkylation sites (N-methyl/N-ethyl adjacent to an activating group) is 1. The summed E-state index contributed by atoms with van der Waals surface area (Å²) >= 11 is 0. The zero-order valence-corrected chi connectivity index (χ0v) is 11.5. The molecule has 17 heavy (non-hydrogen) atoms. The molecule has 0 saturated carbocycles. The van der Waals surface area contributed by atoms with Crippen molar-refractivity contribution in [1.29, 1.82) is 0 Å². The lowest BCUT2D eigenvalue weighted by Crippen LogP contribution is -2.32. The van der Waals surface area contributed by atoms with E-state index >= 15 is 0 Å². The molecular weight excluding hydrogens is 208 g/mol. The maximum absolute atomic E-state index is 3.52. The van der Waals surface area contributed by atoms with Gasteiger partial charge in [-0.25, -0.2) is 0 Å². The third-order valence-electron chi connectivity index (χ3n) is 3.33. The fraction of sp³-hybridized carbons (Fsp3) is 0.600. The predicted molar refractivity (Wildman–Crippen MR) is 75.5 cm³/mol. The summed E-state index contributed by atoms with van der Waals surface area (Å²) in [6, 6.07) is 8.64. The SMILES string of the molecule is CCN(CC)CCNCCc1ccccc1C. The van der Waals surface area contributed by atoms with E-state index in [1.165, 1.54) is 11.1 Å². The van der Waals surface area contributed by atoms with Crippen LogP contribution in [0.4, 0.5) is 0 Å². The Kier molecular flexibility index (Phi) is 6.90. The number of benzene rings is 1. The zero-order valence-electron chi connectivity index (χ0n) is 11.5. The molecule has 0 radical (unpaired) electrons. The van der Waals surface area contributed by atoms with Gasteiger partial charge in [0.2, 0.25) is 0 Å². The highest BCUT2D eigenvalue weighted by molar-refractivity contribution is 5.25. The molecule has 0 aliphatic carbocycles. The lowest BCUT2D eigenvalue weighted by molar-refractivity contribution is 0.303. The van der Waals surface area contributed by atoms with Crippen molar-refractivity contribution in [2.75, 3.05) is 32.7 Å². The normalized spacial score (nSPS) is 11.1. The van der Waals surface area contributed by atoms with Crippen LogP contribution in [0.25, 0.3) is 0 Å². The van der Waals surface area contributed by atoms with Crippen LogP contribution in [0.1, 0.15) is 25.0 Å². The molecule has 0 spiro atoms. The summed E-state index contributed by atoms with van der Waals surface area (Å²) in [5.74, 6) is 0. The van der Waals surface area contributed by atoms with Crippen LogP contribution in [0.5, 0.6) is 0 Å². The van der Waals surface area contributed by atoms with Crippen molar-refractivity contribution >= 4 is 0 Å². The highest BCUT2D eigenvalue weighted by Gasteiger charge is 1.99. The summed E-state index contributed by atoms with van der Waals surface area (Å²) in [5, 5.41) is 3.52. The van der Waals surface area contributed by atoms with Crippen molar-refractivity contribution in [2.45, 2.75) is 27.2 Å². The molecule has 0 atom stereocenters. The third kappa shape index (κ3) is 5.33. The van der Waals surface area contributed by atoms with Crippen LogP contribution in [0.2, 0.25) is 0 Å². The second-order valence-corrected chi connectivity index (χ2v) is 4.45. The van der Waals surface area contributed by atoms with Crippen molar-refractivity contribution in [2.24, 2.45) is 0 Å². The molecule has 2 nitrogen and oxygen atoms in total. The van der Waals surface area contributed by atoms with Crippen LogP contribution in [-0.2, 0) is 6.42 Å². The molecule has 0 heterocycles. The maximum Gasteiger partial charge on any atom is 0.0107 e. The molecule has 0 amide bonds. The van der Waals surface area contributed by atoms with Crippen molar-refractivity contribution < 1.29 is 0 Å². The van der Waals surface area contributed by atoms with E-state index in [0.29, 0.717) is 0 Å². The summed E-state index contributed by atoms with van der Waals surface area (Å²) < 4.78 is 0. The number of nitrogens with zero attached hydrogens (tertiary/aromatic N) is 1. The Labute approximate surface area is 106 Å². The number of hydrogen-bond donors (Lipinski definition) is 1. The fourth-order valence-electron chi connectivity index (χ4n) is 2.02. The molecule has 1 rings (SSSR count). The third-order valence-corrected chi connectivity index (χ3v) is 3.33. The van der Waals surface area contributed by atoms with Gasteiger partial charge in [0.05, 0.1) is 0 Å². The van der Waals surface area contributed by atoms with E-state index in [4.69, 9.17) is 0 Å². The quantitative estimate of drug-likeness (QED) is 0.695. The summed E-state index contributed by atoms with van der Waals surface area (Å²) in [7, 11) is 0. The van der Waals surface area contributed by atoms with Crippen molar-refractivity contribution in [3.05, 3.63) is 35.4 Å². The van der Waals surface area contributed by atoms with Gasteiger partial charge in [-0.1, -0.05) is 38.1 Å². The molecule has 0 unspecified atom stereocenters. The minimum Gasteiger partial charge on any atom is -0.315 e. The largest absolute Gasteiger partial charge is 0.315 e. The number of nitrogens with one attached hydrogen (secondary N) is 1. The van der Waals surface area contributed by atoms with E-state index in [9.17, 15) is 0 Å². The zero-order chi connectivity index (χ0) is 12.5. The summed E-state index contributed by atoms with van der Waals surface area (Å²) in [4.78, 5) is 2.45. The Bertz CT molecular complexity index is 306. The molecule has 1 aromatic carbocycles. The first-order valence-electron chi connectivity index (χ1n) is 6.75. The van der Waals surface area contributed by atoms with Crippen molar-refractivity contribution in [3.63, 3.8) is 0 Å². The smallest absolute Gasteiger partial charge is 0.0107 e. The summed E-state index contributed by atoms with van der Waals surface area (Å²) in [6.45, 7) is 12.2. The van der Waals surface area contributed by atoms with E-state index in [0.717, 1.165) is 39.1 Å². The average molecular weight is 234 g/mol. The molecule has 0 fully saturated rings. The van der Waals surface area contributed by atoms with Gasteiger partial charge in [-0.2, -0.15) is 0 Å². The van der Waals surface area contributed by atoms with Gasteiger partial charge in [0, 0.05) is 13.1 Å². The van der Waals surface area contributed by atoms with Gasteiger partial charge < -0.3 is 10.2 Å². The van der Waals surface area contributed by atoms with Crippen molar-refractivity contribution in [3.8, 4) is 0 Å². The lowest BCUT2D eigenvalue weighted by Gasteiger charge is -2.18. The van der Waals surface area contributed by atoms with E-state index in [2.05, 4.69) is 55.3 Å². The Morgan fingerprint density at radius 3 is 2.41 bits per heavy atom. The van der Waals surface area contributed by atoms with Gasteiger partial charge in [-0.05, 0) is 44.1 Å². The molecule has 0 aromatic heterocycles. The minimum atomic E-state index is 1.08. The Morgan fingerprint density at radius 2 is 1.76 bits per heavy atom. The molecule has 1 aromatic rings. The molecule has 1 N–H and O–H groups in total. The van der Waals surface area contributed by atoms with Crippen LogP contribution in [0.3, 0.4) is 0 Å². The molecule has 0 saturated heterocycles. The molecule has 2 heteroatoms. The standard InChI is InChI=1S/C15H26N2/c1-4-17(5-2)13-12-16-11-10-15-9-7-6-8-14(15)3/h6-9,16H,4-5,10-13H2,1-3H3. The lowest BCUT2D eigenvalue weighted by atomic mass is 10.1. The molecular formula is C15H26N2. The number of aryl methyl sites for hydroxylation is 1. The first-order valence-corrected chi connectivity index (χ1v) is 6.75. The monoisotopic (exact) mass is 234 g/mol. The Hall–Kier alpha value is -0.860. The van der Waals surface area contributed by atoms with E-state index < -0.39 is 0 Å². The highest BCUT2D eigenvalue weighted by atomic mass is 15.1. The van der Waals surface area contributed by atoms with Gasteiger partial charge in [0.1, 0.15) is 0 Å². The minimum absolute atomic E-state index is 1.08. The Balaban J connectivity index is 2.14. The van der Waals surface area contributed by atoms with Gasteiger partial charge in [-0.15, -0.1) is 0 Å². The average Bonchev–Trinajstić information content (AvgIpc) is 2.36. The first kappa shape index (κ1) is 14.2. The first-order chi connectivity index (χ1) is 8.27.